The molecule has 0 saturated carbocycles. The maximum atomic E-state index is 12.3. The highest BCUT2D eigenvalue weighted by molar-refractivity contribution is 7.91. The minimum absolute atomic E-state index is 0.0167. The van der Waals surface area contributed by atoms with Crippen molar-refractivity contribution < 1.29 is 23.1 Å². The molecule has 1 aromatic rings. The quantitative estimate of drug-likeness (QED) is 0.854. The number of nitrogens with zero attached hydrogens (tertiary/aromatic N) is 1. The van der Waals surface area contributed by atoms with Crippen LogP contribution in [0.15, 0.2) is 24.3 Å². The van der Waals surface area contributed by atoms with Crippen LogP contribution in [0.5, 0.6) is 0 Å². The number of carboxylic acids is 1. The van der Waals surface area contributed by atoms with E-state index in [0.717, 1.165) is 0 Å². The van der Waals surface area contributed by atoms with E-state index in [1.807, 2.05) is 0 Å². The summed E-state index contributed by atoms with van der Waals surface area (Å²) in [4.78, 5) is 24.5. The maximum absolute atomic E-state index is 12.3. The molecule has 1 N–H and O–H groups in total. The molecule has 1 aromatic carbocycles. The van der Waals surface area contributed by atoms with Gasteiger partial charge >= 0.3 is 5.97 Å². The molecule has 1 unspecified atom stereocenters. The number of benzene rings is 1. The molecule has 1 amide bonds. The summed E-state index contributed by atoms with van der Waals surface area (Å²) >= 11 is 0. The van der Waals surface area contributed by atoms with E-state index in [4.69, 9.17) is 5.11 Å². The molecule has 6 nitrogen and oxygen atoms in total. The minimum atomic E-state index is -3.19. The van der Waals surface area contributed by atoms with Crippen LogP contribution in [-0.4, -0.2) is 54.9 Å². The average Bonchev–Trinajstić information content (AvgIpc) is 2.45. The molecule has 116 valence electrons. The Morgan fingerprint density at radius 2 is 1.86 bits per heavy atom. The topological polar surface area (TPSA) is 91.8 Å². The van der Waals surface area contributed by atoms with Gasteiger partial charge in [-0.25, -0.2) is 13.2 Å². The predicted molar refractivity (Wildman–Crippen MR) is 79.3 cm³/mol. The Morgan fingerprint density at radius 1 is 1.29 bits per heavy atom. The number of carbonyl (C=O) groups excluding carboxylic acids is 1. The molecule has 1 atom stereocenters. The Kier molecular flexibility index (Phi) is 5.48. The summed E-state index contributed by atoms with van der Waals surface area (Å²) in [6.45, 7) is 3.20. The zero-order chi connectivity index (χ0) is 16.2. The number of sulfone groups is 1. The lowest BCUT2D eigenvalue weighted by Crippen LogP contribution is -2.39. The number of aromatic carboxylic acids is 1. The van der Waals surface area contributed by atoms with Crippen molar-refractivity contribution in [3.8, 4) is 0 Å². The van der Waals surface area contributed by atoms with Crippen LogP contribution in [0, 0.1) is 0 Å². The van der Waals surface area contributed by atoms with E-state index in [-0.39, 0.29) is 22.6 Å². The number of hydrogen-bond acceptors (Lipinski definition) is 4. The van der Waals surface area contributed by atoms with Gasteiger partial charge in [-0.2, -0.15) is 0 Å². The fourth-order valence-corrected chi connectivity index (χ4v) is 2.98. The number of hydrogen-bond donors (Lipinski definition) is 1. The number of amides is 1. The Balaban J connectivity index is 2.92. The van der Waals surface area contributed by atoms with Gasteiger partial charge in [0, 0.05) is 24.4 Å². The van der Waals surface area contributed by atoms with Gasteiger partial charge < -0.3 is 10.0 Å². The number of rotatable bonds is 6. The van der Waals surface area contributed by atoms with Gasteiger partial charge in [-0.05, 0) is 25.1 Å². The lowest BCUT2D eigenvalue weighted by Gasteiger charge is -2.24. The minimum Gasteiger partial charge on any atom is -0.478 e. The van der Waals surface area contributed by atoms with Crippen LogP contribution >= 0.6 is 0 Å². The molecular weight excluding hydrogens is 294 g/mol. The van der Waals surface area contributed by atoms with Crippen molar-refractivity contribution in [2.24, 2.45) is 0 Å². The van der Waals surface area contributed by atoms with Crippen molar-refractivity contribution in [2.45, 2.75) is 19.9 Å². The first-order chi connectivity index (χ1) is 9.68. The molecule has 21 heavy (non-hydrogen) atoms. The number of carboxylic acid groups (broad SMARTS) is 1. The second kappa shape index (κ2) is 6.71. The Morgan fingerprint density at radius 3 is 2.38 bits per heavy atom. The van der Waals surface area contributed by atoms with Gasteiger partial charge in [0.15, 0.2) is 9.84 Å². The van der Waals surface area contributed by atoms with Crippen LogP contribution < -0.4 is 0 Å². The van der Waals surface area contributed by atoms with Crippen LogP contribution in [0.2, 0.25) is 0 Å². The highest BCUT2D eigenvalue weighted by Crippen LogP contribution is 2.11. The molecule has 0 radical (unpaired) electrons. The zero-order valence-corrected chi connectivity index (χ0v) is 13.1. The van der Waals surface area contributed by atoms with Gasteiger partial charge in [0.25, 0.3) is 5.91 Å². The fraction of sp³-hybridized carbons (Fsp3) is 0.429. The molecule has 1 rings (SSSR count). The highest BCUT2D eigenvalue weighted by Gasteiger charge is 2.22. The van der Waals surface area contributed by atoms with E-state index in [9.17, 15) is 18.0 Å². The van der Waals surface area contributed by atoms with Crippen LogP contribution in [-0.2, 0) is 9.84 Å². The van der Waals surface area contributed by atoms with Crippen molar-refractivity contribution in [3.63, 3.8) is 0 Å². The molecule has 0 aliphatic carbocycles. The summed E-state index contributed by atoms with van der Waals surface area (Å²) in [6, 6.07) is 5.17. The van der Waals surface area contributed by atoms with E-state index in [0.29, 0.717) is 0 Å². The van der Waals surface area contributed by atoms with E-state index >= 15 is 0 Å². The van der Waals surface area contributed by atoms with Gasteiger partial charge in [0.1, 0.15) is 0 Å². The van der Waals surface area contributed by atoms with Crippen molar-refractivity contribution in [2.75, 3.05) is 18.6 Å². The van der Waals surface area contributed by atoms with Crippen molar-refractivity contribution in [1.29, 1.82) is 0 Å². The van der Waals surface area contributed by atoms with Gasteiger partial charge in [0.05, 0.1) is 11.3 Å². The van der Waals surface area contributed by atoms with Crippen LogP contribution in [0.1, 0.15) is 34.6 Å². The molecule has 0 saturated heterocycles. The predicted octanol–water partition coefficient (Wildman–Crippen LogP) is 1.28. The third-order valence-electron chi connectivity index (χ3n) is 3.27. The van der Waals surface area contributed by atoms with E-state index in [1.165, 1.54) is 36.2 Å². The highest BCUT2D eigenvalue weighted by atomic mass is 32.2. The third kappa shape index (κ3) is 4.56. The summed E-state index contributed by atoms with van der Waals surface area (Å²) in [7, 11) is -1.68. The van der Waals surface area contributed by atoms with Gasteiger partial charge in [0.2, 0.25) is 0 Å². The second-order valence-electron chi connectivity index (χ2n) is 4.85. The molecule has 0 aromatic heterocycles. The summed E-state index contributed by atoms with van der Waals surface area (Å²) < 4.78 is 23.2. The van der Waals surface area contributed by atoms with Gasteiger partial charge in [-0.15, -0.1) is 0 Å². The van der Waals surface area contributed by atoms with Crippen LogP contribution in [0.25, 0.3) is 0 Å². The van der Waals surface area contributed by atoms with Gasteiger partial charge in [-0.1, -0.05) is 13.0 Å². The second-order valence-corrected chi connectivity index (χ2v) is 7.25. The molecular formula is C14H19NO5S. The zero-order valence-electron chi connectivity index (χ0n) is 12.2. The summed E-state index contributed by atoms with van der Waals surface area (Å²) in [5.41, 5.74) is 0.237. The van der Waals surface area contributed by atoms with E-state index in [2.05, 4.69) is 0 Å². The summed E-state index contributed by atoms with van der Waals surface area (Å²) in [5.74, 6) is -1.62. The van der Waals surface area contributed by atoms with Crippen LogP contribution in [0.3, 0.4) is 0 Å². The molecule has 0 aliphatic rings. The largest absolute Gasteiger partial charge is 0.478 e. The Labute approximate surface area is 124 Å². The van der Waals surface area contributed by atoms with E-state index < -0.39 is 27.8 Å². The normalized spacial score (nSPS) is 12.7. The maximum Gasteiger partial charge on any atom is 0.335 e. The first-order valence-electron chi connectivity index (χ1n) is 6.49. The standard InChI is InChI=1S/C14H19NO5S/c1-4-21(19,20)9-10(2)15(3)13(16)11-6-5-7-12(8-11)14(17)18/h5-8,10H,4,9H2,1-3H3,(H,17,18). The summed E-state index contributed by atoms with van der Waals surface area (Å²) in [5, 5.41) is 8.92. The summed E-state index contributed by atoms with van der Waals surface area (Å²) in [6.07, 6.45) is 0. The fourth-order valence-electron chi connectivity index (χ4n) is 1.79. The third-order valence-corrected chi connectivity index (χ3v) is 5.14. The molecule has 0 fully saturated rings. The molecule has 0 aliphatic heterocycles. The average molecular weight is 313 g/mol. The molecule has 0 bridgehead atoms. The Bertz CT molecular complexity index is 639. The van der Waals surface area contributed by atoms with Crippen LogP contribution in [0.4, 0.5) is 0 Å². The molecule has 0 spiro atoms. The monoisotopic (exact) mass is 313 g/mol. The van der Waals surface area contributed by atoms with E-state index in [1.54, 1.807) is 13.8 Å². The smallest absolute Gasteiger partial charge is 0.335 e. The van der Waals surface area contributed by atoms with Crippen molar-refractivity contribution in [1.82, 2.24) is 4.90 Å². The lowest BCUT2D eigenvalue weighted by molar-refractivity contribution is 0.0697. The SMILES string of the molecule is CCS(=O)(=O)CC(C)N(C)C(=O)c1cccc(C(=O)O)c1. The Hall–Kier alpha value is -1.89. The first-order valence-corrected chi connectivity index (χ1v) is 8.31. The van der Waals surface area contributed by atoms with Gasteiger partial charge in [-0.3, -0.25) is 4.79 Å². The molecule has 0 heterocycles. The van der Waals surface area contributed by atoms with Crippen molar-refractivity contribution in [3.05, 3.63) is 35.4 Å². The lowest BCUT2D eigenvalue weighted by atomic mass is 10.1. The number of carbonyl (C=O) groups is 2. The van der Waals surface area contributed by atoms with Crippen molar-refractivity contribution >= 4 is 21.7 Å². The molecule has 7 heteroatoms. The first kappa shape index (κ1) is 17.2.